The van der Waals surface area contributed by atoms with Crippen molar-refractivity contribution in [3.63, 3.8) is 0 Å². The van der Waals surface area contributed by atoms with E-state index in [0.29, 0.717) is 13.2 Å². The summed E-state index contributed by atoms with van der Waals surface area (Å²) >= 11 is -3.81. The molecule has 6 nitrogen and oxygen atoms in total. The third kappa shape index (κ3) is 4.80. The quantitative estimate of drug-likeness (QED) is 0.557. The molecule has 0 N–H and O–H groups in total. The summed E-state index contributed by atoms with van der Waals surface area (Å²) in [4.78, 5) is 4.42. The van der Waals surface area contributed by atoms with E-state index in [9.17, 15) is 0 Å². The van der Waals surface area contributed by atoms with Gasteiger partial charge in [-0.2, -0.15) is 0 Å². The molecule has 19 heavy (non-hydrogen) atoms. The molecule has 112 valence electrons. The molecular formula is C12H26N2O4Sn. The maximum absolute atomic E-state index is 6.11. The van der Waals surface area contributed by atoms with E-state index in [1.807, 2.05) is 0 Å². The first-order valence-corrected chi connectivity index (χ1v) is 11.7. The summed E-state index contributed by atoms with van der Waals surface area (Å²) in [6, 6.07) is 0. The van der Waals surface area contributed by atoms with Gasteiger partial charge >= 0.3 is 122 Å². The molecule has 0 aliphatic carbocycles. The van der Waals surface area contributed by atoms with Crippen molar-refractivity contribution < 1.29 is 12.3 Å². The number of likely N-dealkylation sites (N-methyl/N-ethyl adjacent to an activating group) is 2. The molecule has 2 saturated heterocycles. The molecule has 2 aliphatic heterocycles. The van der Waals surface area contributed by atoms with E-state index in [-0.39, 0.29) is 12.2 Å². The monoisotopic (exact) mass is 382 g/mol. The zero-order chi connectivity index (χ0) is 13.9. The fraction of sp³-hybridized carbons (Fsp3) is 1.00. The summed E-state index contributed by atoms with van der Waals surface area (Å²) in [6.07, 6.45) is 0.177. The van der Waals surface area contributed by atoms with E-state index < -0.39 is 20.0 Å². The second-order valence-electron chi connectivity index (χ2n) is 5.58. The Kier molecular flexibility index (Phi) is 5.88. The first kappa shape index (κ1) is 15.9. The van der Waals surface area contributed by atoms with Gasteiger partial charge in [-0.05, 0) is 0 Å². The number of rotatable bonds is 0. The van der Waals surface area contributed by atoms with Crippen LogP contribution in [0.15, 0.2) is 0 Å². The number of nitrogens with zero attached hydrogens (tertiary/aromatic N) is 2. The minimum atomic E-state index is -3.81. The number of hydrogen-bond donors (Lipinski definition) is 0. The van der Waals surface area contributed by atoms with E-state index in [1.54, 1.807) is 0 Å². The molecule has 0 aromatic carbocycles. The van der Waals surface area contributed by atoms with Crippen LogP contribution in [0.5, 0.6) is 0 Å². The van der Waals surface area contributed by atoms with Crippen molar-refractivity contribution in [3.8, 4) is 0 Å². The molecule has 0 aromatic heterocycles. The predicted molar refractivity (Wildman–Crippen MR) is 73.7 cm³/mol. The fourth-order valence-electron chi connectivity index (χ4n) is 2.49. The van der Waals surface area contributed by atoms with Crippen molar-refractivity contribution >= 4 is 20.0 Å². The number of hydrogen-bond acceptors (Lipinski definition) is 6. The minimum absolute atomic E-state index is 0.0884. The average molecular weight is 381 g/mol. The van der Waals surface area contributed by atoms with E-state index >= 15 is 0 Å². The molecule has 1 spiro atoms. The topological polar surface area (TPSA) is 43.4 Å². The van der Waals surface area contributed by atoms with Crippen molar-refractivity contribution in [1.29, 1.82) is 0 Å². The van der Waals surface area contributed by atoms with Crippen molar-refractivity contribution in [2.45, 2.75) is 26.1 Å². The predicted octanol–water partition coefficient (Wildman–Crippen LogP) is 0.156. The van der Waals surface area contributed by atoms with Crippen LogP contribution in [0.1, 0.15) is 13.8 Å². The van der Waals surface area contributed by atoms with Crippen LogP contribution in [-0.4, -0.2) is 95.5 Å². The maximum atomic E-state index is 6.11. The van der Waals surface area contributed by atoms with Crippen LogP contribution in [0, 0.1) is 0 Å². The van der Waals surface area contributed by atoms with Crippen LogP contribution in [0.25, 0.3) is 0 Å². The van der Waals surface area contributed by atoms with Gasteiger partial charge in [0, 0.05) is 0 Å². The van der Waals surface area contributed by atoms with Crippen molar-refractivity contribution in [3.05, 3.63) is 0 Å². The van der Waals surface area contributed by atoms with Gasteiger partial charge in [0.15, 0.2) is 0 Å². The molecule has 2 rings (SSSR count). The van der Waals surface area contributed by atoms with Crippen LogP contribution in [0.3, 0.4) is 0 Å². The Morgan fingerprint density at radius 1 is 0.842 bits per heavy atom. The molecule has 2 aliphatic rings. The third-order valence-electron chi connectivity index (χ3n) is 3.33. The van der Waals surface area contributed by atoms with Crippen LogP contribution in [-0.2, 0) is 12.3 Å². The van der Waals surface area contributed by atoms with Gasteiger partial charge in [0.2, 0.25) is 0 Å². The molecule has 2 unspecified atom stereocenters. The first-order chi connectivity index (χ1) is 8.99. The van der Waals surface area contributed by atoms with Crippen molar-refractivity contribution in [1.82, 2.24) is 9.80 Å². The zero-order valence-corrected chi connectivity index (χ0v) is 15.3. The van der Waals surface area contributed by atoms with Gasteiger partial charge in [-0.3, -0.25) is 0 Å². The molecule has 2 atom stereocenters. The summed E-state index contributed by atoms with van der Waals surface area (Å²) in [6.45, 7) is 8.95. The standard InChI is InChI=1S/2C6H13NO2.Sn/c2*1-6(9)5-7(2)3-4-8;/h2*6H,3-5H2,1-2H3;/q2*-2;+4. The summed E-state index contributed by atoms with van der Waals surface area (Å²) < 4.78 is 24.2. The van der Waals surface area contributed by atoms with Crippen LogP contribution in [0.4, 0.5) is 0 Å². The fourth-order valence-corrected chi connectivity index (χ4v) is 8.85. The first-order valence-electron chi connectivity index (χ1n) is 7.00. The summed E-state index contributed by atoms with van der Waals surface area (Å²) in [5.74, 6) is 0. The van der Waals surface area contributed by atoms with Crippen molar-refractivity contribution in [2.24, 2.45) is 0 Å². The Hall–Kier alpha value is 0.559. The van der Waals surface area contributed by atoms with Gasteiger partial charge in [-0.15, -0.1) is 0 Å². The van der Waals surface area contributed by atoms with E-state index in [2.05, 4.69) is 37.7 Å². The van der Waals surface area contributed by atoms with Gasteiger partial charge in [0.05, 0.1) is 0 Å². The second kappa shape index (κ2) is 7.02. The molecule has 2 fully saturated rings. The van der Waals surface area contributed by atoms with Gasteiger partial charge in [0.25, 0.3) is 0 Å². The van der Waals surface area contributed by atoms with Crippen LogP contribution >= 0.6 is 0 Å². The van der Waals surface area contributed by atoms with Gasteiger partial charge in [-0.1, -0.05) is 0 Å². The Morgan fingerprint density at radius 2 is 1.26 bits per heavy atom. The molecule has 0 aromatic rings. The molecule has 7 heteroatoms. The molecule has 2 heterocycles. The average Bonchev–Trinajstić information content (AvgIpc) is 2.24. The molecular weight excluding hydrogens is 355 g/mol. The Morgan fingerprint density at radius 3 is 1.68 bits per heavy atom. The molecule has 0 saturated carbocycles. The molecule has 0 amide bonds. The SMILES string of the molecule is CC1CN(C)CC[O][Sn]2([O]CCN(C)CC(C)[O]2)[O]1. The Labute approximate surface area is 122 Å². The van der Waals surface area contributed by atoms with E-state index in [4.69, 9.17) is 12.3 Å². The second-order valence-corrected chi connectivity index (χ2v) is 11.4. The molecule has 0 bridgehead atoms. The Balaban J connectivity index is 2.05. The van der Waals surface area contributed by atoms with Gasteiger partial charge in [0.1, 0.15) is 0 Å². The van der Waals surface area contributed by atoms with Crippen LogP contribution < -0.4 is 0 Å². The summed E-state index contributed by atoms with van der Waals surface area (Å²) in [5, 5.41) is 0. The van der Waals surface area contributed by atoms with Gasteiger partial charge < -0.3 is 0 Å². The molecule has 0 radical (unpaired) electrons. The summed E-state index contributed by atoms with van der Waals surface area (Å²) in [5.41, 5.74) is 0. The Bertz CT molecular complexity index is 267. The third-order valence-corrected chi connectivity index (χ3v) is 10.5. The summed E-state index contributed by atoms with van der Waals surface area (Å²) in [7, 11) is 4.16. The van der Waals surface area contributed by atoms with Crippen LogP contribution in [0.2, 0.25) is 0 Å². The van der Waals surface area contributed by atoms with Gasteiger partial charge in [-0.25, -0.2) is 0 Å². The van der Waals surface area contributed by atoms with Crippen molar-refractivity contribution in [2.75, 3.05) is 53.5 Å². The normalized spacial score (nSPS) is 40.4. The zero-order valence-electron chi connectivity index (χ0n) is 12.4. The van der Waals surface area contributed by atoms with E-state index in [1.165, 1.54) is 0 Å². The van der Waals surface area contributed by atoms with E-state index in [0.717, 1.165) is 26.2 Å².